The van der Waals surface area contributed by atoms with Crippen LogP contribution in [0.25, 0.3) is 0 Å². The van der Waals surface area contributed by atoms with Crippen LogP contribution in [0.3, 0.4) is 0 Å². The number of benzene rings is 3. The zero-order valence-electron chi connectivity index (χ0n) is 16.2. The van der Waals surface area contributed by atoms with E-state index in [1.165, 1.54) is 0 Å². The van der Waals surface area contributed by atoms with Gasteiger partial charge in [0.15, 0.2) is 0 Å². The monoisotopic (exact) mass is 376 g/mol. The zero-order valence-corrected chi connectivity index (χ0v) is 16.2. The van der Waals surface area contributed by atoms with Crippen LogP contribution in [0.5, 0.6) is 0 Å². The zero-order chi connectivity index (χ0) is 19.8. The fraction of sp³-hybridized carbons (Fsp3) is 0.280. The highest BCUT2D eigenvalue weighted by Crippen LogP contribution is 2.40. The van der Waals surface area contributed by atoms with E-state index in [1.54, 1.807) is 0 Å². The predicted molar refractivity (Wildman–Crippen MR) is 112 cm³/mol. The Morgan fingerprint density at radius 1 is 0.679 bits per heavy atom. The molecule has 0 fully saturated rings. The molecule has 3 aromatic carbocycles. The average Bonchev–Trinajstić information content (AvgIpc) is 2.78. The molecule has 146 valence electrons. The van der Waals surface area contributed by atoms with Gasteiger partial charge in [0.05, 0.1) is 18.8 Å². The minimum Gasteiger partial charge on any atom is -0.390 e. The summed E-state index contributed by atoms with van der Waals surface area (Å²) in [6.45, 7) is 2.17. The third-order valence-corrected chi connectivity index (χ3v) is 5.14. The molecule has 3 nitrogen and oxygen atoms in total. The van der Waals surface area contributed by atoms with Crippen LogP contribution in [-0.4, -0.2) is 29.0 Å². The normalized spacial score (nSPS) is 13.8. The van der Waals surface area contributed by atoms with E-state index in [1.807, 2.05) is 61.5 Å². The standard InChI is InChI=1S/C25H28O3/c1-2-23(26)24(27)18-19-28-25(20-12-6-3-7-13-20,21-14-8-4-9-15-21)22-16-10-5-11-17-22/h3-17,23-24,26-27H,2,18-19H2,1H3/t23-,24+/m1/s1. The molecule has 0 spiro atoms. The van der Waals surface area contributed by atoms with Crippen LogP contribution in [0.4, 0.5) is 0 Å². The quantitative estimate of drug-likeness (QED) is 0.540. The topological polar surface area (TPSA) is 49.7 Å². The first-order valence-corrected chi connectivity index (χ1v) is 9.85. The van der Waals surface area contributed by atoms with Crippen LogP contribution >= 0.6 is 0 Å². The Balaban J connectivity index is 2.04. The molecule has 0 aromatic heterocycles. The fourth-order valence-corrected chi connectivity index (χ4v) is 3.57. The first-order valence-electron chi connectivity index (χ1n) is 9.85. The van der Waals surface area contributed by atoms with Gasteiger partial charge in [-0.2, -0.15) is 0 Å². The van der Waals surface area contributed by atoms with E-state index >= 15 is 0 Å². The van der Waals surface area contributed by atoms with E-state index in [0.717, 1.165) is 16.7 Å². The Hall–Kier alpha value is -2.46. The van der Waals surface area contributed by atoms with Crippen molar-refractivity contribution in [3.05, 3.63) is 108 Å². The van der Waals surface area contributed by atoms with Crippen molar-refractivity contribution >= 4 is 0 Å². The Morgan fingerprint density at radius 2 is 1.07 bits per heavy atom. The van der Waals surface area contributed by atoms with Crippen LogP contribution in [0.15, 0.2) is 91.0 Å². The van der Waals surface area contributed by atoms with Gasteiger partial charge in [0.2, 0.25) is 0 Å². The third-order valence-electron chi connectivity index (χ3n) is 5.14. The maximum atomic E-state index is 10.2. The van der Waals surface area contributed by atoms with Gasteiger partial charge < -0.3 is 14.9 Å². The van der Waals surface area contributed by atoms with Crippen molar-refractivity contribution in [1.82, 2.24) is 0 Å². The number of hydrogen-bond acceptors (Lipinski definition) is 3. The largest absolute Gasteiger partial charge is 0.390 e. The molecule has 3 rings (SSSR count). The number of rotatable bonds is 9. The fourth-order valence-electron chi connectivity index (χ4n) is 3.57. The van der Waals surface area contributed by atoms with Crippen LogP contribution in [0.1, 0.15) is 36.5 Å². The summed E-state index contributed by atoms with van der Waals surface area (Å²) in [4.78, 5) is 0. The molecular formula is C25H28O3. The van der Waals surface area contributed by atoms with Crippen LogP contribution in [-0.2, 0) is 10.3 Å². The second-order valence-corrected chi connectivity index (χ2v) is 6.96. The molecule has 28 heavy (non-hydrogen) atoms. The maximum Gasteiger partial charge on any atom is 0.143 e. The second-order valence-electron chi connectivity index (χ2n) is 6.96. The smallest absolute Gasteiger partial charge is 0.143 e. The van der Waals surface area contributed by atoms with Crippen LogP contribution < -0.4 is 0 Å². The summed E-state index contributed by atoms with van der Waals surface area (Å²) in [5, 5.41) is 20.1. The van der Waals surface area contributed by atoms with E-state index in [9.17, 15) is 10.2 Å². The highest BCUT2D eigenvalue weighted by Gasteiger charge is 2.37. The second kappa shape index (κ2) is 9.65. The summed E-state index contributed by atoms with van der Waals surface area (Å²) >= 11 is 0. The molecule has 0 aliphatic rings. The molecule has 0 heterocycles. The van der Waals surface area contributed by atoms with Crippen molar-refractivity contribution in [1.29, 1.82) is 0 Å². The van der Waals surface area contributed by atoms with Gasteiger partial charge in [0, 0.05) is 0 Å². The van der Waals surface area contributed by atoms with Crippen molar-refractivity contribution in [3.63, 3.8) is 0 Å². The molecular weight excluding hydrogens is 348 g/mol. The Bertz CT molecular complexity index is 722. The summed E-state index contributed by atoms with van der Waals surface area (Å²) in [7, 11) is 0. The highest BCUT2D eigenvalue weighted by atomic mass is 16.5. The molecule has 2 atom stereocenters. The first-order chi connectivity index (χ1) is 13.7. The van der Waals surface area contributed by atoms with Crippen molar-refractivity contribution in [2.45, 2.75) is 37.6 Å². The summed E-state index contributed by atoms with van der Waals surface area (Å²) < 4.78 is 6.58. The Kier molecular flexibility index (Phi) is 6.99. The molecule has 3 aromatic rings. The van der Waals surface area contributed by atoms with Crippen LogP contribution in [0.2, 0.25) is 0 Å². The van der Waals surface area contributed by atoms with E-state index in [-0.39, 0.29) is 0 Å². The molecule has 0 bridgehead atoms. The molecule has 0 amide bonds. The minimum absolute atomic E-state index is 0.316. The van der Waals surface area contributed by atoms with E-state index in [0.29, 0.717) is 19.4 Å². The number of aliphatic hydroxyl groups is 2. The van der Waals surface area contributed by atoms with E-state index in [4.69, 9.17) is 4.74 Å². The third kappa shape index (κ3) is 4.33. The van der Waals surface area contributed by atoms with Gasteiger partial charge in [-0.3, -0.25) is 0 Å². The molecule has 0 aliphatic heterocycles. The molecule has 0 unspecified atom stereocenters. The molecule has 0 radical (unpaired) electrons. The summed E-state index contributed by atoms with van der Waals surface area (Å²) in [5.74, 6) is 0. The molecule has 0 saturated heterocycles. The van der Waals surface area contributed by atoms with Gasteiger partial charge in [-0.1, -0.05) is 97.9 Å². The van der Waals surface area contributed by atoms with Gasteiger partial charge in [0.1, 0.15) is 5.60 Å². The molecule has 0 saturated carbocycles. The Morgan fingerprint density at radius 3 is 1.43 bits per heavy atom. The summed E-state index contributed by atoms with van der Waals surface area (Å²) in [5.41, 5.74) is 2.29. The SMILES string of the molecule is CC[C@@H](O)[C@@H](O)CCOC(c1ccccc1)(c1ccccc1)c1ccccc1. The summed E-state index contributed by atoms with van der Waals surface area (Å²) in [6.07, 6.45) is -0.653. The average molecular weight is 376 g/mol. The van der Waals surface area contributed by atoms with Gasteiger partial charge in [-0.05, 0) is 29.5 Å². The summed E-state index contributed by atoms with van der Waals surface area (Å²) in [6, 6.07) is 30.4. The number of aliphatic hydroxyl groups excluding tert-OH is 2. The van der Waals surface area contributed by atoms with Crippen molar-refractivity contribution in [3.8, 4) is 0 Å². The lowest BCUT2D eigenvalue weighted by molar-refractivity contribution is -0.0361. The first kappa shape index (κ1) is 20.3. The van der Waals surface area contributed by atoms with Gasteiger partial charge in [0.25, 0.3) is 0 Å². The lowest BCUT2D eigenvalue weighted by atomic mass is 9.80. The lowest BCUT2D eigenvalue weighted by Crippen LogP contribution is -2.35. The number of hydrogen-bond donors (Lipinski definition) is 2. The van der Waals surface area contributed by atoms with Crippen molar-refractivity contribution < 1.29 is 14.9 Å². The molecule has 0 aliphatic carbocycles. The Labute approximate surface area is 167 Å². The van der Waals surface area contributed by atoms with Crippen molar-refractivity contribution in [2.75, 3.05) is 6.61 Å². The minimum atomic E-state index is -0.801. The highest BCUT2D eigenvalue weighted by molar-refractivity contribution is 5.47. The lowest BCUT2D eigenvalue weighted by Gasteiger charge is -2.36. The number of ether oxygens (including phenoxy) is 1. The predicted octanol–water partition coefficient (Wildman–Crippen LogP) is 4.52. The van der Waals surface area contributed by atoms with Gasteiger partial charge >= 0.3 is 0 Å². The maximum absolute atomic E-state index is 10.2. The van der Waals surface area contributed by atoms with Gasteiger partial charge in [-0.15, -0.1) is 0 Å². The van der Waals surface area contributed by atoms with E-state index in [2.05, 4.69) is 36.4 Å². The molecule has 3 heteroatoms. The van der Waals surface area contributed by atoms with E-state index < -0.39 is 17.8 Å². The van der Waals surface area contributed by atoms with Crippen molar-refractivity contribution in [2.24, 2.45) is 0 Å². The van der Waals surface area contributed by atoms with Gasteiger partial charge in [-0.25, -0.2) is 0 Å². The van der Waals surface area contributed by atoms with Crippen LogP contribution in [0, 0.1) is 0 Å². The molecule has 2 N–H and O–H groups in total.